The Morgan fingerprint density at radius 3 is 2.38 bits per heavy atom. The van der Waals surface area contributed by atoms with Crippen LogP contribution in [0.1, 0.15) is 12.5 Å². The van der Waals surface area contributed by atoms with Gasteiger partial charge in [-0.1, -0.05) is 41.9 Å². The Balaban J connectivity index is 1.71. The summed E-state index contributed by atoms with van der Waals surface area (Å²) in [5.41, 5.74) is 1.76. The Morgan fingerprint density at radius 1 is 1.04 bits per heavy atom. The zero-order valence-electron chi connectivity index (χ0n) is 13.4. The number of amides is 3. The van der Waals surface area contributed by atoms with E-state index >= 15 is 0 Å². The molecule has 2 aromatic rings. The van der Waals surface area contributed by atoms with Crippen molar-refractivity contribution in [1.82, 2.24) is 10.6 Å². The number of carbonyl (C=O) groups excluding carboxylic acids is 2. The molecule has 0 saturated heterocycles. The number of hydrogen-bond donors (Lipinski definition) is 3. The molecule has 0 fully saturated rings. The molecule has 0 unspecified atom stereocenters. The molecule has 1 atom stereocenters. The first-order chi connectivity index (χ1) is 11.5. The summed E-state index contributed by atoms with van der Waals surface area (Å²) in [6.07, 6.45) is 0.700. The minimum Gasteiger partial charge on any atom is -0.354 e. The number of urea groups is 1. The first kappa shape index (κ1) is 17.8. The molecule has 126 valence electrons. The molecule has 0 aliphatic rings. The van der Waals surface area contributed by atoms with Gasteiger partial charge in [0.1, 0.15) is 6.04 Å². The fraction of sp³-hybridized carbons (Fsp3) is 0.222. The highest BCUT2D eigenvalue weighted by molar-refractivity contribution is 6.30. The van der Waals surface area contributed by atoms with E-state index in [1.54, 1.807) is 19.1 Å². The molecule has 2 rings (SSSR count). The average Bonchev–Trinajstić information content (AvgIpc) is 2.57. The maximum Gasteiger partial charge on any atom is 0.319 e. The van der Waals surface area contributed by atoms with Crippen molar-refractivity contribution in [3.05, 3.63) is 65.2 Å². The van der Waals surface area contributed by atoms with Gasteiger partial charge in [-0.2, -0.15) is 0 Å². The maximum atomic E-state index is 12.0. The zero-order valence-corrected chi connectivity index (χ0v) is 14.1. The van der Waals surface area contributed by atoms with Crippen molar-refractivity contribution in [1.29, 1.82) is 0 Å². The van der Waals surface area contributed by atoms with E-state index in [1.807, 2.05) is 42.5 Å². The largest absolute Gasteiger partial charge is 0.354 e. The third-order valence-electron chi connectivity index (χ3n) is 3.40. The molecule has 24 heavy (non-hydrogen) atoms. The van der Waals surface area contributed by atoms with Crippen LogP contribution in [0, 0.1) is 0 Å². The molecular weight excluding hydrogens is 326 g/mol. The fourth-order valence-electron chi connectivity index (χ4n) is 2.09. The SMILES string of the molecule is C[C@H](NC(=O)Nc1ccccc1)C(=O)NCCc1ccc(Cl)cc1. The number of benzene rings is 2. The van der Waals surface area contributed by atoms with Crippen LogP contribution < -0.4 is 16.0 Å². The quantitative estimate of drug-likeness (QED) is 0.752. The van der Waals surface area contributed by atoms with Crippen molar-refractivity contribution in [2.24, 2.45) is 0 Å². The summed E-state index contributed by atoms with van der Waals surface area (Å²) in [7, 11) is 0. The van der Waals surface area contributed by atoms with Crippen LogP contribution in [0.2, 0.25) is 5.02 Å². The van der Waals surface area contributed by atoms with Crippen LogP contribution in [0.15, 0.2) is 54.6 Å². The summed E-state index contributed by atoms with van der Waals surface area (Å²) in [4.78, 5) is 23.8. The average molecular weight is 346 g/mol. The standard InChI is InChI=1S/C18H20ClN3O2/c1-13(21-18(24)22-16-5-3-2-4-6-16)17(23)20-12-11-14-7-9-15(19)10-8-14/h2-10,13H,11-12H2,1H3,(H,20,23)(H2,21,22,24)/t13-/m0/s1. The van der Waals surface area contributed by atoms with Crippen LogP contribution in [0.5, 0.6) is 0 Å². The molecule has 2 aromatic carbocycles. The molecule has 6 heteroatoms. The highest BCUT2D eigenvalue weighted by Gasteiger charge is 2.14. The summed E-state index contributed by atoms with van der Waals surface area (Å²) in [5, 5.41) is 8.76. The Morgan fingerprint density at radius 2 is 1.71 bits per heavy atom. The van der Waals surface area contributed by atoms with Crippen molar-refractivity contribution in [2.75, 3.05) is 11.9 Å². The second-order valence-corrected chi connectivity index (χ2v) is 5.79. The Labute approximate surface area is 146 Å². The topological polar surface area (TPSA) is 70.2 Å². The number of halogens is 1. The number of rotatable bonds is 6. The van der Waals surface area contributed by atoms with E-state index in [0.717, 1.165) is 5.56 Å². The number of nitrogens with one attached hydrogen (secondary N) is 3. The van der Waals surface area contributed by atoms with Gasteiger partial charge in [0.05, 0.1) is 0 Å². The van der Waals surface area contributed by atoms with Gasteiger partial charge < -0.3 is 16.0 Å². The molecule has 3 amide bonds. The summed E-state index contributed by atoms with van der Waals surface area (Å²) in [6.45, 7) is 2.13. The van der Waals surface area contributed by atoms with E-state index in [2.05, 4.69) is 16.0 Å². The normalized spacial score (nSPS) is 11.4. The lowest BCUT2D eigenvalue weighted by molar-refractivity contribution is -0.122. The second kappa shape index (κ2) is 8.93. The molecule has 0 bridgehead atoms. The van der Waals surface area contributed by atoms with Gasteiger partial charge in [-0.3, -0.25) is 4.79 Å². The molecule has 5 nitrogen and oxygen atoms in total. The van der Waals surface area contributed by atoms with Crippen molar-refractivity contribution < 1.29 is 9.59 Å². The number of anilines is 1. The maximum absolute atomic E-state index is 12.0. The van der Waals surface area contributed by atoms with Gasteiger partial charge in [0.25, 0.3) is 0 Å². The van der Waals surface area contributed by atoms with E-state index < -0.39 is 12.1 Å². The number of para-hydroxylation sites is 1. The van der Waals surface area contributed by atoms with Gasteiger partial charge in [0.15, 0.2) is 0 Å². The van der Waals surface area contributed by atoms with Gasteiger partial charge >= 0.3 is 6.03 Å². The van der Waals surface area contributed by atoms with Crippen LogP contribution in [0.25, 0.3) is 0 Å². The fourth-order valence-corrected chi connectivity index (χ4v) is 2.21. The molecule has 0 heterocycles. The predicted octanol–water partition coefficient (Wildman–Crippen LogP) is 3.21. The van der Waals surface area contributed by atoms with Gasteiger partial charge in [0, 0.05) is 17.3 Å². The lowest BCUT2D eigenvalue weighted by atomic mass is 10.1. The Hall–Kier alpha value is -2.53. The highest BCUT2D eigenvalue weighted by atomic mass is 35.5. The van der Waals surface area contributed by atoms with Gasteiger partial charge in [-0.15, -0.1) is 0 Å². The summed E-state index contributed by atoms with van der Waals surface area (Å²) in [6, 6.07) is 15.5. The lowest BCUT2D eigenvalue weighted by Crippen LogP contribution is -2.46. The lowest BCUT2D eigenvalue weighted by Gasteiger charge is -2.15. The van der Waals surface area contributed by atoms with Crippen LogP contribution in [0.3, 0.4) is 0 Å². The van der Waals surface area contributed by atoms with Crippen molar-refractivity contribution >= 4 is 29.2 Å². The molecule has 3 N–H and O–H groups in total. The molecule has 0 aliphatic heterocycles. The van der Waals surface area contributed by atoms with Crippen LogP contribution in [-0.4, -0.2) is 24.5 Å². The molecule has 0 saturated carbocycles. The third-order valence-corrected chi connectivity index (χ3v) is 3.65. The van der Waals surface area contributed by atoms with Crippen molar-refractivity contribution in [3.63, 3.8) is 0 Å². The first-order valence-electron chi connectivity index (χ1n) is 7.69. The first-order valence-corrected chi connectivity index (χ1v) is 8.07. The minimum atomic E-state index is -0.626. The van der Waals surface area contributed by atoms with Crippen molar-refractivity contribution in [3.8, 4) is 0 Å². The van der Waals surface area contributed by atoms with E-state index in [1.165, 1.54) is 0 Å². The van der Waals surface area contributed by atoms with Gasteiger partial charge in [-0.25, -0.2) is 4.79 Å². The molecule has 0 radical (unpaired) electrons. The Kier molecular flexibility index (Phi) is 6.63. The van der Waals surface area contributed by atoms with Gasteiger partial charge in [0.2, 0.25) is 5.91 Å². The minimum absolute atomic E-state index is 0.229. The predicted molar refractivity (Wildman–Crippen MR) is 96.2 cm³/mol. The Bertz CT molecular complexity index is 674. The van der Waals surface area contributed by atoms with E-state index in [-0.39, 0.29) is 5.91 Å². The third kappa shape index (κ3) is 5.93. The monoisotopic (exact) mass is 345 g/mol. The summed E-state index contributed by atoms with van der Waals surface area (Å²) < 4.78 is 0. The molecule has 0 spiro atoms. The van der Waals surface area contributed by atoms with Crippen LogP contribution in [-0.2, 0) is 11.2 Å². The second-order valence-electron chi connectivity index (χ2n) is 5.35. The molecule has 0 aromatic heterocycles. The zero-order chi connectivity index (χ0) is 17.4. The summed E-state index contributed by atoms with van der Waals surface area (Å²) >= 11 is 5.83. The van der Waals surface area contributed by atoms with Crippen molar-refractivity contribution in [2.45, 2.75) is 19.4 Å². The number of carbonyl (C=O) groups is 2. The molecule has 0 aliphatic carbocycles. The smallest absolute Gasteiger partial charge is 0.319 e. The number of hydrogen-bond acceptors (Lipinski definition) is 2. The van der Waals surface area contributed by atoms with Crippen LogP contribution in [0.4, 0.5) is 10.5 Å². The van der Waals surface area contributed by atoms with E-state index in [9.17, 15) is 9.59 Å². The van der Waals surface area contributed by atoms with E-state index in [0.29, 0.717) is 23.7 Å². The highest BCUT2D eigenvalue weighted by Crippen LogP contribution is 2.09. The molecular formula is C18H20ClN3O2. The van der Waals surface area contributed by atoms with Crippen LogP contribution >= 0.6 is 11.6 Å². The van der Waals surface area contributed by atoms with E-state index in [4.69, 9.17) is 11.6 Å². The van der Waals surface area contributed by atoms with Gasteiger partial charge in [-0.05, 0) is 43.2 Å². The summed E-state index contributed by atoms with van der Waals surface area (Å²) in [5.74, 6) is -0.229.